The van der Waals surface area contributed by atoms with Crippen molar-refractivity contribution in [3.63, 3.8) is 0 Å². The third kappa shape index (κ3) is 1.67. The van der Waals surface area contributed by atoms with E-state index < -0.39 is 12.2 Å². The van der Waals surface area contributed by atoms with E-state index in [0.29, 0.717) is 36.9 Å². The molecule has 2 N–H and O–H groups in total. The number of carbonyl (C=O) groups excluding carboxylic acids is 1. The maximum absolute atomic E-state index is 12.3. The monoisotopic (exact) mass is 302 g/mol. The molecule has 0 aromatic rings. The molecule has 0 aliphatic heterocycles. The summed E-state index contributed by atoms with van der Waals surface area (Å²) in [6.07, 6.45) is 8.17. The number of allylic oxidation sites excluding steroid dienone is 3. The number of rotatable bonds is 0. The van der Waals surface area contributed by atoms with Crippen molar-refractivity contribution in [2.24, 2.45) is 22.7 Å². The zero-order valence-corrected chi connectivity index (χ0v) is 13.5. The van der Waals surface area contributed by atoms with Crippen LogP contribution in [0.5, 0.6) is 0 Å². The molecule has 0 heterocycles. The Morgan fingerprint density at radius 3 is 2.68 bits per heavy atom. The van der Waals surface area contributed by atoms with E-state index in [2.05, 4.69) is 26.0 Å². The molecule has 4 aliphatic carbocycles. The Hall–Kier alpha value is -0.930. The lowest BCUT2D eigenvalue weighted by atomic mass is 9.50. The van der Waals surface area contributed by atoms with Crippen LogP contribution >= 0.6 is 0 Å². The van der Waals surface area contributed by atoms with Gasteiger partial charge in [-0.1, -0.05) is 37.1 Å². The first-order chi connectivity index (χ1) is 10.4. The van der Waals surface area contributed by atoms with Gasteiger partial charge < -0.3 is 10.2 Å². The van der Waals surface area contributed by atoms with Crippen molar-refractivity contribution in [2.45, 2.75) is 64.6 Å². The van der Waals surface area contributed by atoms with E-state index in [1.807, 2.05) is 0 Å². The minimum Gasteiger partial charge on any atom is -0.393 e. The summed E-state index contributed by atoms with van der Waals surface area (Å²) < 4.78 is 0. The van der Waals surface area contributed by atoms with Crippen molar-refractivity contribution in [1.82, 2.24) is 0 Å². The predicted molar refractivity (Wildman–Crippen MR) is 84.1 cm³/mol. The fourth-order valence-corrected chi connectivity index (χ4v) is 5.83. The summed E-state index contributed by atoms with van der Waals surface area (Å²) in [7, 11) is 0. The number of aliphatic hydroxyl groups is 2. The maximum atomic E-state index is 12.3. The molecule has 0 radical (unpaired) electrons. The van der Waals surface area contributed by atoms with Crippen LogP contribution in [0.1, 0.15) is 52.4 Å². The highest BCUT2D eigenvalue weighted by molar-refractivity contribution is 5.88. The van der Waals surface area contributed by atoms with Gasteiger partial charge in [-0.25, -0.2) is 0 Å². The lowest BCUT2D eigenvalue weighted by molar-refractivity contribution is -0.128. The molecule has 0 amide bonds. The van der Waals surface area contributed by atoms with Crippen molar-refractivity contribution in [1.29, 1.82) is 0 Å². The van der Waals surface area contributed by atoms with Crippen molar-refractivity contribution < 1.29 is 15.0 Å². The molecule has 120 valence electrons. The van der Waals surface area contributed by atoms with Crippen molar-refractivity contribution in [3.05, 3.63) is 23.3 Å². The van der Waals surface area contributed by atoms with Crippen LogP contribution < -0.4 is 0 Å². The summed E-state index contributed by atoms with van der Waals surface area (Å²) >= 11 is 0. The summed E-state index contributed by atoms with van der Waals surface area (Å²) in [5, 5.41) is 20.7. The third-order valence-corrected chi connectivity index (χ3v) is 7.36. The van der Waals surface area contributed by atoms with Gasteiger partial charge in [-0.15, -0.1) is 0 Å². The van der Waals surface area contributed by atoms with Crippen LogP contribution in [0.2, 0.25) is 0 Å². The van der Waals surface area contributed by atoms with E-state index in [0.717, 1.165) is 19.3 Å². The van der Waals surface area contributed by atoms with Gasteiger partial charge in [0, 0.05) is 23.7 Å². The average molecular weight is 302 g/mol. The Morgan fingerprint density at radius 2 is 1.91 bits per heavy atom. The number of hydrogen-bond acceptors (Lipinski definition) is 3. The normalized spacial score (nSPS) is 50.6. The second-order valence-electron chi connectivity index (χ2n) is 8.27. The highest BCUT2D eigenvalue weighted by Crippen LogP contribution is 2.62. The second kappa shape index (κ2) is 4.55. The molecule has 4 aliphatic rings. The van der Waals surface area contributed by atoms with Crippen LogP contribution in [0.3, 0.4) is 0 Å². The first kappa shape index (κ1) is 14.6. The average Bonchev–Trinajstić information content (AvgIpc) is 2.77. The fourth-order valence-electron chi connectivity index (χ4n) is 5.83. The number of carbonyl (C=O) groups is 1. The van der Waals surface area contributed by atoms with Gasteiger partial charge in [0.2, 0.25) is 0 Å². The van der Waals surface area contributed by atoms with Crippen LogP contribution in [0.15, 0.2) is 23.3 Å². The van der Waals surface area contributed by atoms with Gasteiger partial charge in [0.15, 0.2) is 0 Å². The molecule has 3 fully saturated rings. The van der Waals surface area contributed by atoms with Gasteiger partial charge in [-0.2, -0.15) is 0 Å². The Balaban J connectivity index is 1.78. The Kier molecular flexibility index (Phi) is 3.03. The summed E-state index contributed by atoms with van der Waals surface area (Å²) in [6, 6.07) is 0. The molecule has 0 aromatic carbocycles. The van der Waals surface area contributed by atoms with Crippen LogP contribution in [0.4, 0.5) is 0 Å². The molecule has 0 aromatic heterocycles. The first-order valence-corrected chi connectivity index (χ1v) is 8.68. The van der Waals surface area contributed by atoms with E-state index in [-0.39, 0.29) is 10.8 Å². The van der Waals surface area contributed by atoms with Gasteiger partial charge in [-0.3, -0.25) is 4.79 Å². The molecule has 0 bridgehead atoms. The van der Waals surface area contributed by atoms with Gasteiger partial charge in [0.05, 0.1) is 12.2 Å². The molecule has 4 rings (SSSR count). The topological polar surface area (TPSA) is 57.5 Å². The molecule has 3 nitrogen and oxygen atoms in total. The van der Waals surface area contributed by atoms with Gasteiger partial charge in [0.1, 0.15) is 5.78 Å². The second-order valence-corrected chi connectivity index (χ2v) is 8.27. The summed E-state index contributed by atoms with van der Waals surface area (Å²) in [4.78, 5) is 12.3. The van der Waals surface area contributed by atoms with Gasteiger partial charge in [0.25, 0.3) is 0 Å². The molecule has 3 saturated carbocycles. The van der Waals surface area contributed by atoms with E-state index in [1.54, 1.807) is 0 Å². The molecular formula is C19H26O3. The first-order valence-electron chi connectivity index (χ1n) is 8.68. The maximum Gasteiger partial charge on any atom is 0.139 e. The summed E-state index contributed by atoms with van der Waals surface area (Å²) in [6.45, 7) is 4.32. The minimum absolute atomic E-state index is 0.177. The number of hydrogen-bond donors (Lipinski definition) is 2. The summed E-state index contributed by atoms with van der Waals surface area (Å²) in [5.74, 6) is 1.11. The predicted octanol–water partition coefficient (Wildman–Crippen LogP) is 2.77. The standard InChI is InChI=1S/C19H26O3/c1-18-8-7-15-13(14(18)5-6-16(18)21)4-3-11-9-12(20)10-17(22)19(11,15)2/h3-4,12,14-15,17,20,22H,5-10H2,1-2H3/t12-,14+,15+,17+,18+,19+/m1/s1. The number of Topliss-reactive ketones (excluding diaryl/α,β-unsaturated/α-hetero) is 1. The molecule has 0 spiro atoms. The SMILES string of the molecule is C[C@]12C(=CC=C3[C@@H]1CC[C@]1(C)C(=O)CC[C@@H]31)C[C@@H](O)C[C@@H]2O. The largest absolute Gasteiger partial charge is 0.393 e. The van der Waals surface area contributed by atoms with Gasteiger partial charge in [-0.05, 0) is 37.5 Å². The fraction of sp³-hybridized carbons (Fsp3) is 0.737. The van der Waals surface area contributed by atoms with Crippen LogP contribution in [0, 0.1) is 22.7 Å². The number of fused-ring (bicyclic) bond motifs is 5. The van der Waals surface area contributed by atoms with Crippen molar-refractivity contribution in [3.8, 4) is 0 Å². The smallest absolute Gasteiger partial charge is 0.139 e. The third-order valence-electron chi connectivity index (χ3n) is 7.36. The lowest BCUT2D eigenvalue weighted by Gasteiger charge is -2.55. The molecule has 6 atom stereocenters. The number of aliphatic hydroxyl groups excluding tert-OH is 2. The lowest BCUT2D eigenvalue weighted by Crippen LogP contribution is -2.52. The van der Waals surface area contributed by atoms with E-state index >= 15 is 0 Å². The van der Waals surface area contributed by atoms with Gasteiger partial charge >= 0.3 is 0 Å². The van der Waals surface area contributed by atoms with Crippen LogP contribution in [-0.2, 0) is 4.79 Å². The highest BCUT2D eigenvalue weighted by atomic mass is 16.3. The highest BCUT2D eigenvalue weighted by Gasteiger charge is 2.58. The van der Waals surface area contributed by atoms with E-state index in [9.17, 15) is 15.0 Å². The molecular weight excluding hydrogens is 276 g/mol. The minimum atomic E-state index is -0.488. The van der Waals surface area contributed by atoms with Crippen molar-refractivity contribution in [2.75, 3.05) is 0 Å². The quantitative estimate of drug-likeness (QED) is 0.723. The Labute approximate surface area is 132 Å². The van der Waals surface area contributed by atoms with Crippen LogP contribution in [0.25, 0.3) is 0 Å². The number of ketones is 1. The molecule has 3 heteroatoms. The zero-order chi connectivity index (χ0) is 15.7. The molecule has 0 saturated heterocycles. The van der Waals surface area contributed by atoms with Crippen molar-refractivity contribution >= 4 is 5.78 Å². The Morgan fingerprint density at radius 1 is 1.14 bits per heavy atom. The van der Waals surface area contributed by atoms with E-state index in [1.165, 1.54) is 11.1 Å². The van der Waals surface area contributed by atoms with E-state index in [4.69, 9.17) is 0 Å². The Bertz CT molecular complexity index is 589. The zero-order valence-electron chi connectivity index (χ0n) is 13.5. The van der Waals surface area contributed by atoms with Crippen LogP contribution in [-0.4, -0.2) is 28.2 Å². The molecule has 0 unspecified atom stereocenters. The summed E-state index contributed by atoms with van der Waals surface area (Å²) in [5.41, 5.74) is 2.15. The molecule has 22 heavy (non-hydrogen) atoms.